The fourth-order valence-electron chi connectivity index (χ4n) is 2.26. The molecule has 3 rings (SSSR count). The molecule has 1 aliphatic rings. The molecule has 2 amide bonds. The lowest BCUT2D eigenvalue weighted by Crippen LogP contribution is -2.37. The van der Waals surface area contributed by atoms with Gasteiger partial charge in [-0.15, -0.1) is 0 Å². The molecule has 1 aliphatic carbocycles. The third-order valence-corrected chi connectivity index (χ3v) is 3.68. The molecule has 1 fully saturated rings. The van der Waals surface area contributed by atoms with Crippen LogP contribution < -0.4 is 10.6 Å². The number of carbonyl (C=O) groups is 1. The van der Waals surface area contributed by atoms with Gasteiger partial charge in [-0.3, -0.25) is 4.68 Å². The number of carbonyl (C=O) groups excluding carboxylic acids is 1. The lowest BCUT2D eigenvalue weighted by molar-refractivity contribution is 0.247. The molecule has 2 N–H and O–H groups in total. The van der Waals surface area contributed by atoms with Crippen molar-refractivity contribution in [3.8, 4) is 0 Å². The van der Waals surface area contributed by atoms with Crippen LogP contribution in [0.1, 0.15) is 18.4 Å². The van der Waals surface area contributed by atoms with E-state index in [0.29, 0.717) is 10.7 Å². The summed E-state index contributed by atoms with van der Waals surface area (Å²) >= 11 is 6.01. The van der Waals surface area contributed by atoms with Crippen LogP contribution in [-0.4, -0.2) is 15.8 Å². The first-order valence-electron chi connectivity index (χ1n) is 6.41. The summed E-state index contributed by atoms with van der Waals surface area (Å²) in [5.74, 6) is 0. The largest absolute Gasteiger partial charge is 0.328 e. The molecule has 6 heteroatoms. The maximum atomic E-state index is 12.0. The van der Waals surface area contributed by atoms with Gasteiger partial charge in [0.05, 0.1) is 17.4 Å². The van der Waals surface area contributed by atoms with E-state index >= 15 is 0 Å². The Bertz CT molecular complexity index is 648. The van der Waals surface area contributed by atoms with Gasteiger partial charge in [-0.2, -0.15) is 5.10 Å². The number of benzene rings is 1. The van der Waals surface area contributed by atoms with Crippen LogP contribution >= 0.6 is 11.6 Å². The minimum absolute atomic E-state index is 0.226. The first kappa shape index (κ1) is 13.0. The number of hydrogen-bond acceptors (Lipinski definition) is 2. The number of aryl methyl sites for hydroxylation is 1. The molecule has 0 bridgehead atoms. The van der Waals surface area contributed by atoms with Crippen molar-refractivity contribution in [2.45, 2.75) is 18.4 Å². The van der Waals surface area contributed by atoms with Crippen LogP contribution in [0, 0.1) is 0 Å². The highest BCUT2D eigenvalue weighted by Gasteiger charge is 2.45. The standard InChI is InChI=1S/C14H15ClN4O/c1-19-9-12(8-16-19)17-13(20)18-14(5-6-14)10-3-2-4-11(15)7-10/h2-4,7-9H,5-6H2,1H3,(H2,17,18,20). The zero-order chi connectivity index (χ0) is 14.2. The smallest absolute Gasteiger partial charge is 0.320 e. The number of aromatic nitrogens is 2. The molecule has 0 spiro atoms. The molecule has 1 aromatic carbocycles. The Morgan fingerprint density at radius 3 is 2.85 bits per heavy atom. The summed E-state index contributed by atoms with van der Waals surface area (Å²) in [6.45, 7) is 0. The van der Waals surface area contributed by atoms with Crippen LogP contribution in [0.3, 0.4) is 0 Å². The normalized spacial score (nSPS) is 15.7. The number of amides is 2. The van der Waals surface area contributed by atoms with Crippen LogP contribution in [0.25, 0.3) is 0 Å². The van der Waals surface area contributed by atoms with Crippen molar-refractivity contribution in [2.24, 2.45) is 7.05 Å². The molecule has 20 heavy (non-hydrogen) atoms. The minimum Gasteiger partial charge on any atom is -0.328 e. The Hall–Kier alpha value is -2.01. The van der Waals surface area contributed by atoms with Gasteiger partial charge in [-0.1, -0.05) is 23.7 Å². The third-order valence-electron chi connectivity index (χ3n) is 3.44. The summed E-state index contributed by atoms with van der Waals surface area (Å²) in [5, 5.41) is 10.5. The second-order valence-corrected chi connectivity index (χ2v) is 5.51. The highest BCUT2D eigenvalue weighted by molar-refractivity contribution is 6.30. The van der Waals surface area contributed by atoms with Gasteiger partial charge in [0.2, 0.25) is 0 Å². The maximum Gasteiger partial charge on any atom is 0.320 e. The van der Waals surface area contributed by atoms with Gasteiger partial charge in [0.1, 0.15) is 0 Å². The topological polar surface area (TPSA) is 59.0 Å². The van der Waals surface area contributed by atoms with Gasteiger partial charge in [-0.25, -0.2) is 4.79 Å². The van der Waals surface area contributed by atoms with Crippen molar-refractivity contribution in [1.29, 1.82) is 0 Å². The summed E-state index contributed by atoms with van der Waals surface area (Å²) in [4.78, 5) is 12.0. The summed E-state index contributed by atoms with van der Waals surface area (Å²) in [7, 11) is 1.80. The fourth-order valence-corrected chi connectivity index (χ4v) is 2.45. The lowest BCUT2D eigenvalue weighted by Gasteiger charge is -2.18. The predicted molar refractivity (Wildman–Crippen MR) is 77.7 cm³/mol. The molecule has 1 aromatic heterocycles. The van der Waals surface area contributed by atoms with Crippen LogP contribution in [0.2, 0.25) is 5.02 Å². The molecule has 0 aliphatic heterocycles. The number of halogens is 1. The van der Waals surface area contributed by atoms with Gasteiger partial charge in [0, 0.05) is 18.3 Å². The van der Waals surface area contributed by atoms with E-state index in [0.717, 1.165) is 18.4 Å². The highest BCUT2D eigenvalue weighted by Crippen LogP contribution is 2.46. The van der Waals surface area contributed by atoms with Crippen molar-refractivity contribution >= 4 is 23.3 Å². The summed E-state index contributed by atoms with van der Waals surface area (Å²) < 4.78 is 1.64. The van der Waals surface area contributed by atoms with E-state index in [1.54, 1.807) is 24.1 Å². The number of rotatable bonds is 3. The van der Waals surface area contributed by atoms with Crippen molar-refractivity contribution in [2.75, 3.05) is 5.32 Å². The van der Waals surface area contributed by atoms with E-state index < -0.39 is 0 Å². The van der Waals surface area contributed by atoms with Gasteiger partial charge < -0.3 is 10.6 Å². The number of nitrogens with one attached hydrogen (secondary N) is 2. The Kier molecular flexibility index (Phi) is 3.14. The van der Waals surface area contributed by atoms with E-state index in [-0.39, 0.29) is 11.6 Å². The Morgan fingerprint density at radius 2 is 2.25 bits per heavy atom. The summed E-state index contributed by atoms with van der Waals surface area (Å²) in [5.41, 5.74) is 1.44. The molecule has 1 saturated carbocycles. The number of anilines is 1. The van der Waals surface area contributed by atoms with Crippen molar-refractivity contribution in [3.63, 3.8) is 0 Å². The molecule has 0 radical (unpaired) electrons. The molecule has 5 nitrogen and oxygen atoms in total. The third kappa shape index (κ3) is 2.63. The van der Waals surface area contributed by atoms with Gasteiger partial charge in [0.25, 0.3) is 0 Å². The SMILES string of the molecule is Cn1cc(NC(=O)NC2(c3cccc(Cl)c3)CC2)cn1. The summed E-state index contributed by atoms with van der Waals surface area (Å²) in [6.07, 6.45) is 5.21. The van der Waals surface area contributed by atoms with Crippen LogP contribution in [0.5, 0.6) is 0 Å². The number of hydrogen-bond donors (Lipinski definition) is 2. The van der Waals surface area contributed by atoms with Gasteiger partial charge in [0.15, 0.2) is 0 Å². The lowest BCUT2D eigenvalue weighted by atomic mass is 10.1. The number of urea groups is 1. The fraction of sp³-hybridized carbons (Fsp3) is 0.286. The Labute approximate surface area is 121 Å². The Balaban J connectivity index is 1.69. The monoisotopic (exact) mass is 290 g/mol. The first-order chi connectivity index (χ1) is 9.57. The quantitative estimate of drug-likeness (QED) is 0.913. The van der Waals surface area contributed by atoms with Crippen molar-refractivity contribution in [3.05, 3.63) is 47.2 Å². The molecule has 0 saturated heterocycles. The van der Waals surface area contributed by atoms with Gasteiger partial charge in [-0.05, 0) is 30.5 Å². The molecule has 0 atom stereocenters. The van der Waals surface area contributed by atoms with Gasteiger partial charge >= 0.3 is 6.03 Å². The second-order valence-electron chi connectivity index (χ2n) is 5.07. The van der Waals surface area contributed by atoms with Crippen LogP contribution in [0.4, 0.5) is 10.5 Å². The Morgan fingerprint density at radius 1 is 1.45 bits per heavy atom. The van der Waals surface area contributed by atoms with Crippen LogP contribution in [-0.2, 0) is 12.6 Å². The second kappa shape index (κ2) is 4.83. The predicted octanol–water partition coefficient (Wildman–Crippen LogP) is 2.88. The van der Waals surface area contributed by atoms with E-state index in [2.05, 4.69) is 15.7 Å². The maximum absolute atomic E-state index is 12.0. The summed E-state index contributed by atoms with van der Waals surface area (Å²) in [6, 6.07) is 7.40. The number of nitrogens with zero attached hydrogens (tertiary/aromatic N) is 2. The van der Waals surface area contributed by atoms with Crippen LogP contribution in [0.15, 0.2) is 36.7 Å². The average Bonchev–Trinajstić information content (AvgIpc) is 3.06. The molecule has 0 unspecified atom stereocenters. The average molecular weight is 291 g/mol. The molecule has 2 aromatic rings. The zero-order valence-corrected chi connectivity index (χ0v) is 11.8. The highest BCUT2D eigenvalue weighted by atomic mass is 35.5. The van der Waals surface area contributed by atoms with E-state index in [9.17, 15) is 4.79 Å². The van der Waals surface area contributed by atoms with Crippen molar-refractivity contribution in [1.82, 2.24) is 15.1 Å². The van der Waals surface area contributed by atoms with E-state index in [4.69, 9.17) is 11.6 Å². The van der Waals surface area contributed by atoms with Crippen molar-refractivity contribution < 1.29 is 4.79 Å². The minimum atomic E-state index is -0.281. The first-order valence-corrected chi connectivity index (χ1v) is 6.79. The molecular weight excluding hydrogens is 276 g/mol. The molecule has 1 heterocycles. The molecular formula is C14H15ClN4O. The van der Waals surface area contributed by atoms with E-state index in [1.807, 2.05) is 24.3 Å². The molecule has 104 valence electrons. The van der Waals surface area contributed by atoms with E-state index in [1.165, 1.54) is 0 Å². The zero-order valence-electron chi connectivity index (χ0n) is 11.1.